The molecule has 0 fully saturated rings. The third-order valence-corrected chi connectivity index (χ3v) is 5.60. The number of aliphatic hydroxyl groups excluding tert-OH is 1. The molecule has 7 heteroatoms. The van der Waals surface area contributed by atoms with Gasteiger partial charge in [-0.05, 0) is 54.3 Å². The van der Waals surface area contributed by atoms with Crippen molar-refractivity contribution in [1.29, 1.82) is 0 Å². The Labute approximate surface area is 171 Å². The molecule has 2 atom stereocenters. The molecule has 0 bridgehead atoms. The van der Waals surface area contributed by atoms with Gasteiger partial charge in [0.15, 0.2) is 0 Å². The first-order valence-electron chi connectivity index (χ1n) is 9.53. The van der Waals surface area contributed by atoms with Crippen LogP contribution in [0.1, 0.15) is 36.3 Å². The standard InChI is InChI=1S/C23H20F4N2O/c1-22(13-20(30)15-5-3-2-4-6-15)12-16-14-28-29(18-9-7-17(24)8-10-18)19(16)11-21(22)23(25,26)27/h2-11,14,20,30H,12-13H2,1H3. The van der Waals surface area contributed by atoms with Gasteiger partial charge >= 0.3 is 6.18 Å². The fourth-order valence-corrected chi connectivity index (χ4v) is 4.12. The maximum Gasteiger partial charge on any atom is 0.413 e. The van der Waals surface area contributed by atoms with Crippen LogP contribution in [0.4, 0.5) is 17.6 Å². The largest absolute Gasteiger partial charge is 0.413 e. The molecule has 3 aromatic rings. The minimum Gasteiger partial charge on any atom is -0.388 e. The lowest BCUT2D eigenvalue weighted by Crippen LogP contribution is -2.35. The molecule has 30 heavy (non-hydrogen) atoms. The summed E-state index contributed by atoms with van der Waals surface area (Å²) in [6.07, 6.45) is -2.96. The van der Waals surface area contributed by atoms with Crippen molar-refractivity contribution in [2.75, 3.05) is 0 Å². The van der Waals surface area contributed by atoms with E-state index >= 15 is 0 Å². The number of hydrogen-bond donors (Lipinski definition) is 1. The van der Waals surface area contributed by atoms with Crippen molar-refractivity contribution in [2.24, 2.45) is 5.41 Å². The number of aromatic nitrogens is 2. The van der Waals surface area contributed by atoms with E-state index in [1.165, 1.54) is 42.1 Å². The molecule has 0 radical (unpaired) electrons. The smallest absolute Gasteiger partial charge is 0.388 e. The third kappa shape index (κ3) is 3.77. The Balaban J connectivity index is 1.74. The first kappa shape index (κ1) is 20.3. The first-order valence-corrected chi connectivity index (χ1v) is 9.53. The van der Waals surface area contributed by atoms with Gasteiger partial charge in [0.1, 0.15) is 5.82 Å². The Morgan fingerprint density at radius 1 is 1.10 bits per heavy atom. The van der Waals surface area contributed by atoms with Gasteiger partial charge in [-0.15, -0.1) is 0 Å². The van der Waals surface area contributed by atoms with Crippen LogP contribution >= 0.6 is 0 Å². The van der Waals surface area contributed by atoms with Crippen LogP contribution in [0.5, 0.6) is 0 Å². The second-order valence-corrected chi connectivity index (χ2v) is 7.87. The molecule has 2 unspecified atom stereocenters. The normalized spacial score (nSPS) is 19.9. The van der Waals surface area contributed by atoms with Crippen molar-refractivity contribution in [1.82, 2.24) is 9.78 Å². The first-order chi connectivity index (χ1) is 14.2. The van der Waals surface area contributed by atoms with Gasteiger partial charge in [0.05, 0.1) is 23.7 Å². The summed E-state index contributed by atoms with van der Waals surface area (Å²) >= 11 is 0. The van der Waals surface area contributed by atoms with Gasteiger partial charge in [0.25, 0.3) is 0 Å². The highest BCUT2D eigenvalue weighted by atomic mass is 19.4. The molecule has 1 aromatic heterocycles. The Kier molecular flexibility index (Phi) is 5.02. The molecule has 156 valence electrons. The summed E-state index contributed by atoms with van der Waals surface area (Å²) < 4.78 is 56.8. The summed E-state index contributed by atoms with van der Waals surface area (Å²) in [5.74, 6) is -0.436. The Morgan fingerprint density at radius 3 is 2.40 bits per heavy atom. The van der Waals surface area contributed by atoms with E-state index in [4.69, 9.17) is 0 Å². The molecule has 1 N–H and O–H groups in total. The minimum absolute atomic E-state index is 0.0798. The molecular weight excluding hydrogens is 396 g/mol. The predicted molar refractivity (Wildman–Crippen MR) is 105 cm³/mol. The van der Waals surface area contributed by atoms with Crippen LogP contribution in [0.25, 0.3) is 11.8 Å². The van der Waals surface area contributed by atoms with Crippen molar-refractivity contribution in [3.05, 3.63) is 89.0 Å². The minimum atomic E-state index is -4.57. The summed E-state index contributed by atoms with van der Waals surface area (Å²) in [4.78, 5) is 0. The van der Waals surface area contributed by atoms with Gasteiger partial charge in [-0.2, -0.15) is 18.3 Å². The van der Waals surface area contributed by atoms with Crippen LogP contribution in [-0.2, 0) is 6.42 Å². The van der Waals surface area contributed by atoms with Crippen LogP contribution in [0.2, 0.25) is 0 Å². The van der Waals surface area contributed by atoms with Crippen molar-refractivity contribution < 1.29 is 22.7 Å². The molecule has 1 aliphatic carbocycles. The number of aliphatic hydroxyl groups is 1. The number of allylic oxidation sites excluding steroid dienone is 1. The molecule has 0 saturated heterocycles. The molecule has 0 amide bonds. The molecular formula is C23H20F4N2O. The Morgan fingerprint density at radius 2 is 1.77 bits per heavy atom. The van der Waals surface area contributed by atoms with E-state index in [2.05, 4.69) is 5.10 Å². The maximum atomic E-state index is 14.0. The van der Waals surface area contributed by atoms with Crippen molar-refractivity contribution in [2.45, 2.75) is 32.0 Å². The predicted octanol–water partition coefficient (Wildman–Crippen LogP) is 5.64. The average molecular weight is 416 g/mol. The fourth-order valence-electron chi connectivity index (χ4n) is 4.12. The zero-order valence-electron chi connectivity index (χ0n) is 16.2. The average Bonchev–Trinajstić information content (AvgIpc) is 3.09. The molecule has 1 heterocycles. The van der Waals surface area contributed by atoms with Gasteiger partial charge in [0.2, 0.25) is 0 Å². The summed E-state index contributed by atoms with van der Waals surface area (Å²) in [7, 11) is 0. The maximum absolute atomic E-state index is 14.0. The zero-order valence-corrected chi connectivity index (χ0v) is 16.2. The van der Waals surface area contributed by atoms with Crippen LogP contribution in [0, 0.1) is 11.2 Å². The van der Waals surface area contributed by atoms with Crippen LogP contribution in [0.3, 0.4) is 0 Å². The van der Waals surface area contributed by atoms with Gasteiger partial charge in [0, 0.05) is 11.0 Å². The van der Waals surface area contributed by atoms with Crippen LogP contribution < -0.4 is 0 Å². The topological polar surface area (TPSA) is 38.1 Å². The van der Waals surface area contributed by atoms with Crippen molar-refractivity contribution in [3.8, 4) is 5.69 Å². The van der Waals surface area contributed by atoms with E-state index in [0.29, 0.717) is 22.5 Å². The number of fused-ring (bicyclic) bond motifs is 1. The summed E-state index contributed by atoms with van der Waals surface area (Å²) in [6.45, 7) is 1.52. The second-order valence-electron chi connectivity index (χ2n) is 7.87. The molecule has 0 spiro atoms. The third-order valence-electron chi connectivity index (χ3n) is 5.60. The summed E-state index contributed by atoms with van der Waals surface area (Å²) in [6, 6.07) is 14.1. The van der Waals surface area contributed by atoms with Crippen molar-refractivity contribution in [3.63, 3.8) is 0 Å². The van der Waals surface area contributed by atoms with E-state index < -0.39 is 29.1 Å². The highest BCUT2D eigenvalue weighted by molar-refractivity contribution is 5.62. The van der Waals surface area contributed by atoms with Crippen LogP contribution in [0.15, 0.2) is 66.4 Å². The molecule has 4 rings (SSSR count). The highest BCUT2D eigenvalue weighted by Gasteiger charge is 2.49. The number of benzene rings is 2. The van der Waals surface area contributed by atoms with Gasteiger partial charge in [-0.3, -0.25) is 0 Å². The molecule has 0 saturated carbocycles. The molecule has 2 aromatic carbocycles. The summed E-state index contributed by atoms with van der Waals surface area (Å²) in [5, 5.41) is 14.9. The van der Waals surface area contributed by atoms with Crippen molar-refractivity contribution >= 4 is 6.08 Å². The quantitative estimate of drug-likeness (QED) is 0.559. The molecule has 3 nitrogen and oxygen atoms in total. The van der Waals surface area contributed by atoms with E-state index in [1.54, 1.807) is 30.3 Å². The monoisotopic (exact) mass is 416 g/mol. The van der Waals surface area contributed by atoms with E-state index in [9.17, 15) is 22.7 Å². The van der Waals surface area contributed by atoms with E-state index in [1.807, 2.05) is 0 Å². The Bertz CT molecular complexity index is 1070. The van der Waals surface area contributed by atoms with Crippen LogP contribution in [-0.4, -0.2) is 21.1 Å². The van der Waals surface area contributed by atoms with Gasteiger partial charge < -0.3 is 5.11 Å². The lowest BCUT2D eigenvalue weighted by Gasteiger charge is -2.38. The molecule has 0 aliphatic heterocycles. The molecule has 1 aliphatic rings. The van der Waals surface area contributed by atoms with Gasteiger partial charge in [-0.25, -0.2) is 9.07 Å². The van der Waals surface area contributed by atoms with Gasteiger partial charge in [-0.1, -0.05) is 37.3 Å². The number of hydrogen-bond acceptors (Lipinski definition) is 2. The lowest BCUT2D eigenvalue weighted by atomic mass is 9.69. The number of halogens is 4. The zero-order chi connectivity index (χ0) is 21.5. The number of rotatable bonds is 4. The SMILES string of the molecule is CC1(CC(O)c2ccccc2)Cc2cnn(-c3ccc(F)cc3)c2C=C1C(F)(F)F. The van der Waals surface area contributed by atoms with E-state index in [-0.39, 0.29) is 12.8 Å². The second kappa shape index (κ2) is 7.40. The lowest BCUT2D eigenvalue weighted by molar-refractivity contribution is -0.108. The fraction of sp³-hybridized carbons (Fsp3) is 0.261. The summed E-state index contributed by atoms with van der Waals surface area (Å²) in [5.41, 5.74) is -0.00888. The van der Waals surface area contributed by atoms with E-state index in [0.717, 1.165) is 6.08 Å². The number of nitrogens with zero attached hydrogens (tertiary/aromatic N) is 2. The Hall–Kier alpha value is -2.93. The highest BCUT2D eigenvalue weighted by Crippen LogP contribution is 2.50. The number of alkyl halides is 3.